The summed E-state index contributed by atoms with van der Waals surface area (Å²) in [5, 5.41) is 0. The van der Waals surface area contributed by atoms with Crippen molar-refractivity contribution in [3.8, 4) is 39.9 Å². The van der Waals surface area contributed by atoms with Gasteiger partial charge in [-0.05, 0) is 65.7 Å². The van der Waals surface area contributed by atoms with Crippen LogP contribution in [0, 0.1) is 12.1 Å². The number of nitrogens with zero attached hydrogens (tertiary/aromatic N) is 4. The van der Waals surface area contributed by atoms with Crippen molar-refractivity contribution in [1.29, 1.82) is 0 Å². The third kappa shape index (κ3) is 7.66. The molecule has 0 amide bonds. The van der Waals surface area contributed by atoms with Crippen LogP contribution in [0.15, 0.2) is 97.6 Å². The molecule has 0 N–H and O–H groups in total. The number of aromatic nitrogens is 4. The van der Waals surface area contributed by atoms with Gasteiger partial charge in [0.15, 0.2) is 0 Å². The van der Waals surface area contributed by atoms with Crippen LogP contribution < -0.4 is 4.74 Å². The maximum Gasteiger partial charge on any atom is 0.128 e. The van der Waals surface area contributed by atoms with Gasteiger partial charge >= 0.3 is 0 Å². The first kappa shape index (κ1) is 39.4. The average Bonchev–Trinajstić information content (AvgIpc) is 3.93. The molecule has 3 heterocycles. The molecule has 6 aromatic rings. The Bertz CT molecular complexity index is 2120. The summed E-state index contributed by atoms with van der Waals surface area (Å²) in [6, 6.07) is 31.8. The van der Waals surface area contributed by atoms with E-state index in [0.29, 0.717) is 35.7 Å². The molecule has 2 unspecified atom stereocenters. The molecule has 0 saturated heterocycles. The zero-order valence-electron chi connectivity index (χ0n) is 33.1. The Labute approximate surface area is 336 Å². The van der Waals surface area contributed by atoms with E-state index in [1.165, 1.54) is 64.9 Å². The number of hydrogen-bond donors (Lipinski definition) is 0. The minimum atomic E-state index is 0. The van der Waals surface area contributed by atoms with E-state index in [-0.39, 0.29) is 20.1 Å². The van der Waals surface area contributed by atoms with Crippen LogP contribution in [-0.2, 0) is 20.1 Å². The van der Waals surface area contributed by atoms with Gasteiger partial charge in [-0.3, -0.25) is 9.97 Å². The van der Waals surface area contributed by atoms with Crippen molar-refractivity contribution >= 4 is 0 Å². The largest absolute Gasteiger partial charge is 0.489 e. The topological polar surface area (TPSA) is 44.9 Å². The summed E-state index contributed by atoms with van der Waals surface area (Å²) in [5.41, 5.74) is 11.4. The minimum Gasteiger partial charge on any atom is -0.489 e. The third-order valence-electron chi connectivity index (χ3n) is 10.9. The van der Waals surface area contributed by atoms with Gasteiger partial charge < -0.3 is 13.9 Å². The SMILES string of the molecule is CC(C)c1cc2c(c(C(C)C)c1-n1ccnc1-c1[c-]cccc1)OC1CCCCC21.CC(C)c1cccc(C(C)C)c1-n1ccnc1-c1[c-]cccc1.[Ir]. The van der Waals surface area contributed by atoms with E-state index in [9.17, 15) is 0 Å². The Balaban J connectivity index is 0.000000187. The van der Waals surface area contributed by atoms with E-state index in [1.54, 1.807) is 0 Å². The third-order valence-corrected chi connectivity index (χ3v) is 10.9. The number of ether oxygens (including phenoxy) is 1. The first-order valence-electron chi connectivity index (χ1n) is 19.7. The number of hydrogen-bond acceptors (Lipinski definition) is 3. The van der Waals surface area contributed by atoms with Crippen LogP contribution in [0.3, 0.4) is 0 Å². The van der Waals surface area contributed by atoms with Gasteiger partial charge in [0.25, 0.3) is 0 Å². The summed E-state index contributed by atoms with van der Waals surface area (Å²) in [5.74, 6) is 5.29. The fourth-order valence-corrected chi connectivity index (χ4v) is 8.34. The van der Waals surface area contributed by atoms with Crippen LogP contribution in [0.25, 0.3) is 34.2 Å². The van der Waals surface area contributed by atoms with Gasteiger partial charge in [0.2, 0.25) is 0 Å². The number of rotatable bonds is 8. The standard InChI is InChI=1S/C27H31N2O.C21H23N2.Ir/c1-17(2)21-16-22-20-12-8-9-13-23(20)30-26(22)24(18(3)4)25(21)29-15-14-28-27(29)19-10-6-5-7-11-19;1-15(2)18-11-8-12-19(16(3)4)20(18)23-14-13-22-21(23)17-9-6-5-7-10-17;/h5-7,10,14-18,20,23H,8-9,12-13H2,1-4H3;5-9,11-16H,1-4H3;/q2*-1;. The van der Waals surface area contributed by atoms with Crippen molar-refractivity contribution in [3.05, 3.63) is 138 Å². The van der Waals surface area contributed by atoms with Crippen molar-refractivity contribution in [2.45, 2.75) is 117 Å². The van der Waals surface area contributed by atoms with E-state index in [2.05, 4.69) is 130 Å². The Morgan fingerprint density at radius 2 is 1.17 bits per heavy atom. The summed E-state index contributed by atoms with van der Waals surface area (Å²) in [4.78, 5) is 9.32. The van der Waals surface area contributed by atoms with Crippen molar-refractivity contribution in [2.75, 3.05) is 0 Å². The molecule has 283 valence electrons. The van der Waals surface area contributed by atoms with Crippen LogP contribution >= 0.6 is 0 Å². The predicted molar refractivity (Wildman–Crippen MR) is 218 cm³/mol. The van der Waals surface area contributed by atoms with Crippen LogP contribution in [0.1, 0.15) is 138 Å². The molecular formula is C48H54IrN4O-2. The zero-order valence-corrected chi connectivity index (χ0v) is 35.5. The normalized spacial score (nSPS) is 16.1. The Morgan fingerprint density at radius 3 is 1.67 bits per heavy atom. The van der Waals surface area contributed by atoms with Crippen LogP contribution in [0.5, 0.6) is 5.75 Å². The van der Waals surface area contributed by atoms with Crippen LogP contribution in [0.2, 0.25) is 0 Å². The minimum absolute atomic E-state index is 0. The number of benzene rings is 4. The second kappa shape index (κ2) is 17.0. The van der Waals surface area contributed by atoms with E-state index in [0.717, 1.165) is 28.5 Å². The zero-order chi connectivity index (χ0) is 37.2. The van der Waals surface area contributed by atoms with Gasteiger partial charge in [0.05, 0.1) is 11.6 Å². The summed E-state index contributed by atoms with van der Waals surface area (Å²) >= 11 is 0. The summed E-state index contributed by atoms with van der Waals surface area (Å²) in [7, 11) is 0. The Kier molecular flexibility index (Phi) is 12.5. The van der Waals surface area contributed by atoms with Gasteiger partial charge in [-0.2, -0.15) is 0 Å². The van der Waals surface area contributed by atoms with Crippen LogP contribution in [0.4, 0.5) is 0 Å². The van der Waals surface area contributed by atoms with Crippen molar-refractivity contribution < 1.29 is 24.8 Å². The molecule has 4 aromatic carbocycles. The van der Waals surface area contributed by atoms with Gasteiger partial charge in [0.1, 0.15) is 11.9 Å². The summed E-state index contributed by atoms with van der Waals surface area (Å²) in [6.07, 6.45) is 13.3. The van der Waals surface area contributed by atoms with E-state index >= 15 is 0 Å². The molecule has 1 fully saturated rings. The molecule has 1 radical (unpaired) electrons. The van der Waals surface area contributed by atoms with E-state index in [4.69, 9.17) is 9.72 Å². The average molecular weight is 895 g/mol. The first-order valence-corrected chi connectivity index (χ1v) is 19.7. The maximum atomic E-state index is 6.68. The number of para-hydroxylation sites is 1. The second-order valence-corrected chi connectivity index (χ2v) is 15.9. The van der Waals surface area contributed by atoms with E-state index in [1.807, 2.05) is 48.8 Å². The fourth-order valence-electron chi connectivity index (χ4n) is 8.34. The van der Waals surface area contributed by atoms with Crippen molar-refractivity contribution in [2.24, 2.45) is 0 Å². The second-order valence-electron chi connectivity index (χ2n) is 15.9. The molecule has 54 heavy (non-hydrogen) atoms. The van der Waals surface area contributed by atoms with Gasteiger partial charge in [-0.25, -0.2) is 0 Å². The number of fused-ring (bicyclic) bond motifs is 3. The Hall–Kier alpha value is -4.25. The molecule has 1 aliphatic heterocycles. The van der Waals surface area contributed by atoms with Crippen LogP contribution in [-0.4, -0.2) is 25.2 Å². The number of imidazole rings is 2. The Morgan fingerprint density at radius 1 is 0.630 bits per heavy atom. The van der Waals surface area contributed by atoms with Gasteiger partial charge in [-0.1, -0.05) is 80.0 Å². The fraction of sp³-hybridized carbons (Fsp3) is 0.375. The monoisotopic (exact) mass is 895 g/mol. The van der Waals surface area contributed by atoms with Crippen molar-refractivity contribution in [3.63, 3.8) is 0 Å². The molecule has 1 aliphatic carbocycles. The summed E-state index contributed by atoms with van der Waals surface area (Å²) < 4.78 is 11.2. The molecule has 2 aromatic heterocycles. The van der Waals surface area contributed by atoms with Gasteiger partial charge in [-0.15, -0.1) is 71.8 Å². The molecule has 0 spiro atoms. The molecule has 2 atom stereocenters. The predicted octanol–water partition coefficient (Wildman–Crippen LogP) is 12.6. The molecular weight excluding hydrogens is 841 g/mol. The molecule has 6 heteroatoms. The maximum absolute atomic E-state index is 6.68. The molecule has 8 rings (SSSR count). The van der Waals surface area contributed by atoms with Gasteiger partial charge in [0, 0.05) is 73.3 Å². The summed E-state index contributed by atoms with van der Waals surface area (Å²) in [6.45, 7) is 18.2. The first-order chi connectivity index (χ1) is 25.7. The smallest absolute Gasteiger partial charge is 0.128 e. The quantitative estimate of drug-likeness (QED) is 0.143. The molecule has 1 saturated carbocycles. The van der Waals surface area contributed by atoms with Crippen molar-refractivity contribution in [1.82, 2.24) is 19.1 Å². The van der Waals surface area contributed by atoms with E-state index < -0.39 is 0 Å². The molecule has 0 bridgehead atoms. The molecule has 5 nitrogen and oxygen atoms in total. The molecule has 2 aliphatic rings.